The maximum Gasteiger partial charge on any atom is 0.164 e. The summed E-state index contributed by atoms with van der Waals surface area (Å²) in [6.45, 7) is 0. The van der Waals surface area contributed by atoms with Gasteiger partial charge in [-0.05, 0) is 95.1 Å². The van der Waals surface area contributed by atoms with E-state index in [1.54, 1.807) is 0 Å². The first-order chi connectivity index (χ1) is 34.2. The molecule has 10 aromatic carbocycles. The van der Waals surface area contributed by atoms with Gasteiger partial charge >= 0.3 is 0 Å². The molecule has 0 aliphatic heterocycles. The first-order valence-corrected chi connectivity index (χ1v) is 23.3. The molecule has 0 atom stereocenters. The first kappa shape index (κ1) is 38.8. The lowest BCUT2D eigenvalue weighted by atomic mass is 10.0. The molecule has 0 N–H and O–H groups in total. The summed E-state index contributed by atoms with van der Waals surface area (Å²) in [5, 5.41) is 6.78. The summed E-state index contributed by atoms with van der Waals surface area (Å²) in [6.07, 6.45) is 0. The van der Waals surface area contributed by atoms with Gasteiger partial charge in [-0.25, -0.2) is 15.0 Å². The summed E-state index contributed by atoms with van der Waals surface area (Å²) < 4.78 is 11.3. The van der Waals surface area contributed by atoms with E-state index in [-0.39, 0.29) is 0 Å². The van der Waals surface area contributed by atoms with E-state index in [4.69, 9.17) is 19.4 Å². The Labute approximate surface area is 396 Å². The molecule has 0 amide bonds. The number of aromatic nitrogens is 5. The second-order valence-corrected chi connectivity index (χ2v) is 17.6. The van der Waals surface area contributed by atoms with E-state index < -0.39 is 0 Å². The predicted molar refractivity (Wildman–Crippen MR) is 283 cm³/mol. The monoisotopic (exact) mass is 881 g/mol. The minimum Gasteiger partial charge on any atom is -0.456 e. The Morgan fingerprint density at radius 1 is 0.275 bits per heavy atom. The zero-order valence-corrected chi connectivity index (χ0v) is 37.2. The summed E-state index contributed by atoms with van der Waals surface area (Å²) >= 11 is 0. The van der Waals surface area contributed by atoms with E-state index in [0.29, 0.717) is 17.5 Å². The van der Waals surface area contributed by atoms with Crippen LogP contribution in [0, 0.1) is 0 Å². The maximum atomic E-state index is 6.58. The number of hydrogen-bond acceptors (Lipinski definition) is 4. The Kier molecular flexibility index (Phi) is 8.79. The molecule has 14 aromatic rings. The molecule has 0 spiro atoms. The van der Waals surface area contributed by atoms with Crippen molar-refractivity contribution in [3.63, 3.8) is 0 Å². The molecule has 69 heavy (non-hydrogen) atoms. The summed E-state index contributed by atoms with van der Waals surface area (Å²) in [5.74, 6) is 1.82. The summed E-state index contributed by atoms with van der Waals surface area (Å²) in [7, 11) is 0. The van der Waals surface area contributed by atoms with Crippen LogP contribution in [0.1, 0.15) is 0 Å². The zero-order valence-electron chi connectivity index (χ0n) is 37.2. The van der Waals surface area contributed by atoms with Crippen LogP contribution in [0.2, 0.25) is 0 Å². The smallest absolute Gasteiger partial charge is 0.164 e. The fourth-order valence-corrected chi connectivity index (χ4v) is 10.4. The molecule has 6 nitrogen and oxygen atoms in total. The number of para-hydroxylation sites is 2. The molecule has 0 aliphatic rings. The highest BCUT2D eigenvalue weighted by Crippen LogP contribution is 2.41. The standard InChI is InChI=1S/C63H39N5O/c1-4-15-40(16-5-1)41-27-31-46(32-28-41)67-54-24-12-10-21-48(54)51-37-44(29-34-56(51)67)45-30-35-57-52(38-45)49-22-11-13-25-55(49)68(57)47-33-36-58-53(39-47)60-50(23-14-26-59(60)69-58)63-65-61(42-17-6-2-7-18-42)64-62(66-63)43-19-8-3-9-20-43/h1-39H. The third-order valence-electron chi connectivity index (χ3n) is 13.6. The van der Waals surface area contributed by atoms with Crippen LogP contribution >= 0.6 is 0 Å². The molecular formula is C63H39N5O. The molecule has 0 bridgehead atoms. The number of hydrogen-bond donors (Lipinski definition) is 0. The van der Waals surface area contributed by atoms with E-state index in [9.17, 15) is 0 Å². The molecule has 14 rings (SSSR count). The summed E-state index contributed by atoms with van der Waals surface area (Å²) in [6, 6.07) is 83.5. The van der Waals surface area contributed by atoms with Gasteiger partial charge in [-0.1, -0.05) is 164 Å². The molecule has 0 fully saturated rings. The van der Waals surface area contributed by atoms with Gasteiger partial charge < -0.3 is 13.6 Å². The molecule has 6 heteroatoms. The maximum absolute atomic E-state index is 6.58. The number of nitrogens with zero attached hydrogens (tertiary/aromatic N) is 5. The van der Waals surface area contributed by atoms with Gasteiger partial charge in [0.2, 0.25) is 0 Å². The van der Waals surface area contributed by atoms with Crippen LogP contribution in [0.3, 0.4) is 0 Å². The normalized spacial score (nSPS) is 11.8. The summed E-state index contributed by atoms with van der Waals surface area (Å²) in [4.78, 5) is 15.2. The average molecular weight is 882 g/mol. The third-order valence-corrected chi connectivity index (χ3v) is 13.6. The van der Waals surface area contributed by atoms with Crippen molar-refractivity contribution < 1.29 is 4.42 Å². The lowest BCUT2D eigenvalue weighted by molar-refractivity contribution is 0.669. The summed E-state index contributed by atoms with van der Waals surface area (Å²) in [5.41, 5.74) is 15.9. The lowest BCUT2D eigenvalue weighted by Crippen LogP contribution is -2.00. The van der Waals surface area contributed by atoms with Crippen LogP contribution in [-0.4, -0.2) is 24.1 Å². The Bertz CT molecular complexity index is 4230. The topological polar surface area (TPSA) is 61.7 Å². The van der Waals surface area contributed by atoms with Crippen LogP contribution in [-0.2, 0) is 0 Å². The Morgan fingerprint density at radius 2 is 0.739 bits per heavy atom. The fourth-order valence-electron chi connectivity index (χ4n) is 10.4. The molecule has 0 aliphatic carbocycles. The van der Waals surface area contributed by atoms with E-state index in [1.807, 2.05) is 72.8 Å². The van der Waals surface area contributed by atoms with Crippen molar-refractivity contribution in [3.05, 3.63) is 237 Å². The molecule has 0 saturated heterocycles. The van der Waals surface area contributed by atoms with Crippen molar-refractivity contribution in [2.75, 3.05) is 0 Å². The Hall–Kier alpha value is -9.39. The molecule has 322 valence electrons. The van der Waals surface area contributed by atoms with Crippen molar-refractivity contribution in [1.82, 2.24) is 24.1 Å². The van der Waals surface area contributed by atoms with Gasteiger partial charge in [0.25, 0.3) is 0 Å². The van der Waals surface area contributed by atoms with Gasteiger partial charge in [-0.15, -0.1) is 0 Å². The van der Waals surface area contributed by atoms with Crippen molar-refractivity contribution >= 4 is 65.6 Å². The average Bonchev–Trinajstić information content (AvgIpc) is 4.08. The Morgan fingerprint density at radius 3 is 1.33 bits per heavy atom. The van der Waals surface area contributed by atoms with Gasteiger partial charge in [0, 0.05) is 60.4 Å². The molecule has 0 saturated carbocycles. The van der Waals surface area contributed by atoms with Gasteiger partial charge in [-0.3, -0.25) is 0 Å². The SMILES string of the molecule is c1ccc(-c2ccc(-n3c4ccccc4c4cc(-c5ccc6c(c5)c5ccccc5n6-c5ccc6oc7cccc(-c8nc(-c9ccccc9)nc(-c9ccccc9)n8)c7c6c5)ccc43)cc2)cc1. The molecule has 0 unspecified atom stereocenters. The van der Waals surface area contributed by atoms with E-state index in [2.05, 4.69) is 173 Å². The number of benzene rings is 10. The fraction of sp³-hybridized carbons (Fsp3) is 0. The lowest BCUT2D eigenvalue weighted by Gasteiger charge is -2.11. The highest BCUT2D eigenvalue weighted by molar-refractivity contribution is 6.15. The molecule has 4 aromatic heterocycles. The Balaban J connectivity index is 0.893. The van der Waals surface area contributed by atoms with Crippen molar-refractivity contribution in [3.8, 4) is 67.8 Å². The zero-order chi connectivity index (χ0) is 45.4. The van der Waals surface area contributed by atoms with Crippen LogP contribution in [0.5, 0.6) is 0 Å². The van der Waals surface area contributed by atoms with Crippen molar-refractivity contribution in [2.45, 2.75) is 0 Å². The second kappa shape index (κ2) is 15.6. The second-order valence-electron chi connectivity index (χ2n) is 17.6. The van der Waals surface area contributed by atoms with Crippen molar-refractivity contribution in [2.24, 2.45) is 0 Å². The number of fused-ring (bicyclic) bond motifs is 9. The molecular weight excluding hydrogens is 843 g/mol. The van der Waals surface area contributed by atoms with Gasteiger partial charge in [0.1, 0.15) is 11.2 Å². The van der Waals surface area contributed by atoms with E-state index >= 15 is 0 Å². The largest absolute Gasteiger partial charge is 0.456 e. The van der Waals surface area contributed by atoms with Crippen LogP contribution in [0.4, 0.5) is 0 Å². The van der Waals surface area contributed by atoms with Gasteiger partial charge in [-0.2, -0.15) is 0 Å². The van der Waals surface area contributed by atoms with Gasteiger partial charge in [0.15, 0.2) is 17.5 Å². The predicted octanol–water partition coefficient (Wildman–Crippen LogP) is 16.3. The van der Waals surface area contributed by atoms with E-state index in [1.165, 1.54) is 54.8 Å². The highest BCUT2D eigenvalue weighted by atomic mass is 16.3. The highest BCUT2D eigenvalue weighted by Gasteiger charge is 2.21. The third kappa shape index (κ3) is 6.38. The number of furan rings is 1. The molecule has 0 radical (unpaired) electrons. The van der Waals surface area contributed by atoms with Crippen LogP contribution in [0.15, 0.2) is 241 Å². The van der Waals surface area contributed by atoms with Crippen LogP contribution < -0.4 is 0 Å². The van der Waals surface area contributed by atoms with Gasteiger partial charge in [0.05, 0.1) is 22.1 Å². The molecule has 4 heterocycles. The van der Waals surface area contributed by atoms with Crippen LogP contribution in [0.25, 0.3) is 133 Å². The first-order valence-electron chi connectivity index (χ1n) is 23.3. The van der Waals surface area contributed by atoms with E-state index in [0.717, 1.165) is 61.0 Å². The number of rotatable bonds is 7. The minimum atomic E-state index is 0.589. The van der Waals surface area contributed by atoms with Crippen molar-refractivity contribution in [1.29, 1.82) is 0 Å². The quantitative estimate of drug-likeness (QED) is 0.160. The minimum absolute atomic E-state index is 0.589.